The van der Waals surface area contributed by atoms with Crippen molar-refractivity contribution in [3.63, 3.8) is 0 Å². The van der Waals surface area contributed by atoms with Crippen molar-refractivity contribution in [1.29, 1.82) is 0 Å². The van der Waals surface area contributed by atoms with E-state index in [2.05, 4.69) is 26.2 Å². The van der Waals surface area contributed by atoms with Crippen LogP contribution in [0.25, 0.3) is 0 Å². The highest BCUT2D eigenvalue weighted by Gasteiger charge is 2.05. The fourth-order valence-electron chi connectivity index (χ4n) is 0.945. The molecule has 0 aliphatic carbocycles. The Labute approximate surface area is 96.0 Å². The van der Waals surface area contributed by atoms with Gasteiger partial charge >= 0.3 is 0 Å². The Kier molecular flexibility index (Phi) is 4.35. The maximum absolute atomic E-state index is 11.2. The lowest BCUT2D eigenvalue weighted by Gasteiger charge is -2.05. The molecule has 5 heteroatoms. The molecule has 0 atom stereocenters. The van der Waals surface area contributed by atoms with Crippen LogP contribution in [0.2, 0.25) is 5.15 Å². The molecule has 0 saturated heterocycles. The summed E-state index contributed by atoms with van der Waals surface area (Å²) < 4.78 is 0.649. The molecular weight excluding hydrogens is 267 g/mol. The maximum Gasteiger partial charge on any atom is 0.224 e. The number of rotatable bonds is 3. The number of halogens is 2. The maximum atomic E-state index is 11.2. The Morgan fingerprint density at radius 3 is 2.93 bits per heavy atom. The van der Waals surface area contributed by atoms with Gasteiger partial charge in [-0.25, -0.2) is 4.98 Å². The predicted molar refractivity (Wildman–Crippen MR) is 60.5 cm³/mol. The summed E-state index contributed by atoms with van der Waals surface area (Å²) in [5, 5.41) is 2.98. The number of nitrogens with one attached hydrogen (secondary N) is 1. The second kappa shape index (κ2) is 5.32. The number of pyridine rings is 1. The van der Waals surface area contributed by atoms with Crippen molar-refractivity contribution in [3.8, 4) is 0 Å². The number of hydrogen-bond donors (Lipinski definition) is 1. The summed E-state index contributed by atoms with van der Waals surface area (Å²) in [5.74, 6) is -0.0430. The van der Waals surface area contributed by atoms with E-state index in [0.29, 0.717) is 21.9 Å². The van der Waals surface area contributed by atoms with Gasteiger partial charge in [-0.1, -0.05) is 18.5 Å². The number of carbonyl (C=O) groups is 1. The van der Waals surface area contributed by atoms with E-state index in [1.807, 2.05) is 6.92 Å². The third-order valence-electron chi connectivity index (χ3n) is 1.57. The van der Waals surface area contributed by atoms with Crippen molar-refractivity contribution < 1.29 is 4.79 Å². The molecule has 1 aromatic rings. The zero-order valence-corrected chi connectivity index (χ0v) is 10.0. The van der Waals surface area contributed by atoms with E-state index in [1.165, 1.54) is 0 Å². The molecule has 0 aromatic carbocycles. The van der Waals surface area contributed by atoms with Gasteiger partial charge in [0.2, 0.25) is 5.91 Å². The lowest BCUT2D eigenvalue weighted by atomic mass is 10.3. The highest BCUT2D eigenvalue weighted by atomic mass is 79.9. The number of hydrogen-bond acceptors (Lipinski definition) is 2. The molecule has 0 aliphatic heterocycles. The van der Waals surface area contributed by atoms with Gasteiger partial charge in [0.25, 0.3) is 0 Å². The largest absolute Gasteiger partial charge is 0.323 e. The molecule has 1 rings (SSSR count). The Morgan fingerprint density at radius 2 is 2.36 bits per heavy atom. The molecule has 0 aliphatic rings. The van der Waals surface area contributed by atoms with Gasteiger partial charge in [-0.05, 0) is 34.5 Å². The summed E-state index contributed by atoms with van der Waals surface area (Å²) >= 11 is 9.00. The second-order valence-electron chi connectivity index (χ2n) is 2.77. The topological polar surface area (TPSA) is 42.0 Å². The molecular formula is C9H10BrClN2O. The molecule has 0 fully saturated rings. The van der Waals surface area contributed by atoms with Crippen LogP contribution in [0.4, 0.5) is 5.69 Å². The van der Waals surface area contributed by atoms with Gasteiger partial charge in [0.15, 0.2) is 5.15 Å². The van der Waals surface area contributed by atoms with Gasteiger partial charge in [0.05, 0.1) is 5.69 Å². The number of carbonyl (C=O) groups excluding carboxylic acids is 1. The highest BCUT2D eigenvalue weighted by Crippen LogP contribution is 2.21. The van der Waals surface area contributed by atoms with Crippen molar-refractivity contribution in [2.24, 2.45) is 0 Å². The van der Waals surface area contributed by atoms with Crippen molar-refractivity contribution in [3.05, 3.63) is 21.9 Å². The lowest BCUT2D eigenvalue weighted by Crippen LogP contribution is -2.11. The van der Waals surface area contributed by atoms with Gasteiger partial charge in [0, 0.05) is 6.42 Å². The van der Waals surface area contributed by atoms with Crippen LogP contribution in [0, 0.1) is 0 Å². The zero-order valence-electron chi connectivity index (χ0n) is 7.68. The number of nitrogens with zero attached hydrogens (tertiary/aromatic N) is 1. The third-order valence-corrected chi connectivity index (χ3v) is 2.30. The Hall–Kier alpha value is -0.610. The van der Waals surface area contributed by atoms with Crippen molar-refractivity contribution >= 4 is 39.1 Å². The molecule has 1 heterocycles. The summed E-state index contributed by atoms with van der Waals surface area (Å²) in [5.41, 5.74) is 0.549. The molecule has 76 valence electrons. The van der Waals surface area contributed by atoms with Gasteiger partial charge in [-0.2, -0.15) is 0 Å². The first-order chi connectivity index (χ1) is 6.63. The molecule has 0 unspecified atom stereocenters. The minimum Gasteiger partial charge on any atom is -0.323 e. The van der Waals surface area contributed by atoms with E-state index in [9.17, 15) is 4.79 Å². The SMILES string of the molecule is CCCC(=O)Nc1ccc(Br)nc1Cl. The first kappa shape index (κ1) is 11.5. The first-order valence-electron chi connectivity index (χ1n) is 4.25. The van der Waals surface area contributed by atoms with Gasteiger partial charge in [0.1, 0.15) is 4.60 Å². The average Bonchev–Trinajstić information content (AvgIpc) is 2.10. The molecule has 1 aromatic heterocycles. The van der Waals surface area contributed by atoms with Crippen LogP contribution in [0.1, 0.15) is 19.8 Å². The minimum atomic E-state index is -0.0430. The molecule has 14 heavy (non-hydrogen) atoms. The van der Waals surface area contributed by atoms with Crippen LogP contribution in [-0.4, -0.2) is 10.9 Å². The van der Waals surface area contributed by atoms with E-state index in [-0.39, 0.29) is 5.91 Å². The molecule has 0 radical (unpaired) electrons. The van der Waals surface area contributed by atoms with Gasteiger partial charge in [-0.15, -0.1) is 0 Å². The smallest absolute Gasteiger partial charge is 0.224 e. The van der Waals surface area contributed by atoms with E-state index in [1.54, 1.807) is 12.1 Å². The number of aromatic nitrogens is 1. The normalized spacial score (nSPS) is 9.93. The van der Waals surface area contributed by atoms with Gasteiger partial charge in [-0.3, -0.25) is 4.79 Å². The molecule has 0 spiro atoms. The van der Waals surface area contributed by atoms with E-state index < -0.39 is 0 Å². The third kappa shape index (κ3) is 3.27. The summed E-state index contributed by atoms with van der Waals surface area (Å²) in [6.45, 7) is 1.95. The van der Waals surface area contributed by atoms with Crippen molar-refractivity contribution in [1.82, 2.24) is 4.98 Å². The fourth-order valence-corrected chi connectivity index (χ4v) is 1.56. The molecule has 0 saturated carbocycles. The summed E-state index contributed by atoms with van der Waals surface area (Å²) in [6.07, 6.45) is 1.31. The van der Waals surface area contributed by atoms with Crippen LogP contribution in [0.15, 0.2) is 16.7 Å². The van der Waals surface area contributed by atoms with Crippen LogP contribution in [-0.2, 0) is 4.79 Å². The highest BCUT2D eigenvalue weighted by molar-refractivity contribution is 9.10. The Bertz CT molecular complexity index is 344. The number of amides is 1. The first-order valence-corrected chi connectivity index (χ1v) is 5.42. The fraction of sp³-hybridized carbons (Fsp3) is 0.333. The zero-order chi connectivity index (χ0) is 10.6. The summed E-state index contributed by atoms with van der Waals surface area (Å²) in [6, 6.07) is 3.44. The monoisotopic (exact) mass is 276 g/mol. The van der Waals surface area contributed by atoms with Crippen LogP contribution in [0.3, 0.4) is 0 Å². The van der Waals surface area contributed by atoms with E-state index >= 15 is 0 Å². The molecule has 0 bridgehead atoms. The summed E-state index contributed by atoms with van der Waals surface area (Å²) in [7, 11) is 0. The van der Waals surface area contributed by atoms with E-state index in [0.717, 1.165) is 6.42 Å². The molecule has 1 amide bonds. The molecule has 1 N–H and O–H groups in total. The van der Waals surface area contributed by atoms with Crippen LogP contribution >= 0.6 is 27.5 Å². The van der Waals surface area contributed by atoms with Crippen LogP contribution in [0.5, 0.6) is 0 Å². The van der Waals surface area contributed by atoms with Crippen molar-refractivity contribution in [2.45, 2.75) is 19.8 Å². The Balaban J connectivity index is 2.72. The van der Waals surface area contributed by atoms with Crippen LogP contribution < -0.4 is 5.32 Å². The van der Waals surface area contributed by atoms with E-state index in [4.69, 9.17) is 11.6 Å². The Morgan fingerprint density at radius 1 is 1.64 bits per heavy atom. The lowest BCUT2D eigenvalue weighted by molar-refractivity contribution is -0.116. The number of anilines is 1. The standard InChI is InChI=1S/C9H10BrClN2O/c1-2-3-8(14)12-6-4-5-7(10)13-9(6)11/h4-5H,2-3H2,1H3,(H,12,14). The van der Waals surface area contributed by atoms with Crippen molar-refractivity contribution in [2.75, 3.05) is 5.32 Å². The summed E-state index contributed by atoms with van der Waals surface area (Å²) in [4.78, 5) is 15.2. The molecule has 3 nitrogen and oxygen atoms in total. The average molecular weight is 278 g/mol. The predicted octanol–water partition coefficient (Wildman–Crippen LogP) is 3.24. The van der Waals surface area contributed by atoms with Gasteiger partial charge < -0.3 is 5.32 Å². The minimum absolute atomic E-state index is 0.0430. The second-order valence-corrected chi connectivity index (χ2v) is 3.94. The quantitative estimate of drug-likeness (QED) is 0.862.